The number of thiazole rings is 1. The fraction of sp³-hybridized carbons (Fsp3) is 0.0769. The molecule has 0 aliphatic carbocycles. The van der Waals surface area contributed by atoms with Crippen molar-refractivity contribution in [3.05, 3.63) is 50.9 Å². The molecule has 1 aromatic heterocycles. The Bertz CT molecular complexity index is 591. The number of halogens is 1. The number of hydrogen-bond acceptors (Lipinski definition) is 3. The summed E-state index contributed by atoms with van der Waals surface area (Å²) in [5, 5.41) is 12.5. The van der Waals surface area contributed by atoms with Gasteiger partial charge in [0.15, 0.2) is 0 Å². The van der Waals surface area contributed by atoms with E-state index in [0.717, 1.165) is 16.3 Å². The first-order chi connectivity index (χ1) is 8.19. The summed E-state index contributed by atoms with van der Waals surface area (Å²) >= 11 is 7.28. The number of hydrogen-bond donors (Lipinski definition) is 0. The zero-order valence-electron chi connectivity index (χ0n) is 9.14. The zero-order valence-corrected chi connectivity index (χ0v) is 10.7. The molecule has 0 fully saturated rings. The SMILES string of the molecule is Cc1csc(/C(C#N)=C/c2ccc(Cl)cc2)n1. The number of aryl methyl sites for hydroxylation is 1. The highest BCUT2D eigenvalue weighted by Crippen LogP contribution is 2.21. The normalized spacial score (nSPS) is 11.2. The number of allylic oxidation sites excluding steroid dienone is 1. The van der Waals surface area contributed by atoms with E-state index >= 15 is 0 Å². The van der Waals surface area contributed by atoms with Crippen LogP contribution >= 0.6 is 22.9 Å². The van der Waals surface area contributed by atoms with Crippen LogP contribution in [0.1, 0.15) is 16.3 Å². The fourth-order valence-electron chi connectivity index (χ4n) is 1.35. The molecule has 4 heteroatoms. The van der Waals surface area contributed by atoms with Crippen molar-refractivity contribution < 1.29 is 0 Å². The van der Waals surface area contributed by atoms with Crippen molar-refractivity contribution in [2.45, 2.75) is 6.92 Å². The van der Waals surface area contributed by atoms with Gasteiger partial charge in [0.05, 0.1) is 5.57 Å². The molecule has 0 unspecified atom stereocenters. The molecule has 0 aliphatic heterocycles. The summed E-state index contributed by atoms with van der Waals surface area (Å²) in [6.45, 7) is 1.91. The average molecular weight is 261 g/mol. The highest BCUT2D eigenvalue weighted by molar-refractivity contribution is 7.11. The molecule has 2 aromatic rings. The topological polar surface area (TPSA) is 36.7 Å². The Morgan fingerprint density at radius 3 is 2.65 bits per heavy atom. The van der Waals surface area contributed by atoms with E-state index in [1.807, 2.05) is 30.5 Å². The van der Waals surface area contributed by atoms with Gasteiger partial charge in [0.1, 0.15) is 11.1 Å². The van der Waals surface area contributed by atoms with Crippen LogP contribution in [0.3, 0.4) is 0 Å². The standard InChI is InChI=1S/C13H9ClN2S/c1-9-8-17-13(16-9)11(7-15)6-10-2-4-12(14)5-3-10/h2-6,8H,1H3/b11-6+. The molecule has 0 saturated heterocycles. The number of nitriles is 1. The number of aromatic nitrogens is 1. The summed E-state index contributed by atoms with van der Waals surface area (Å²) in [6.07, 6.45) is 1.81. The Balaban J connectivity index is 2.36. The van der Waals surface area contributed by atoms with Gasteiger partial charge in [-0.3, -0.25) is 0 Å². The minimum absolute atomic E-state index is 0.574. The molecule has 0 amide bonds. The van der Waals surface area contributed by atoms with E-state index < -0.39 is 0 Å². The predicted octanol–water partition coefficient (Wildman–Crippen LogP) is 4.17. The van der Waals surface area contributed by atoms with Gasteiger partial charge in [-0.25, -0.2) is 4.98 Å². The van der Waals surface area contributed by atoms with Crippen molar-refractivity contribution >= 4 is 34.6 Å². The Kier molecular flexibility index (Phi) is 3.58. The van der Waals surface area contributed by atoms with Crippen LogP contribution < -0.4 is 0 Å². The Hall–Kier alpha value is -1.63. The van der Waals surface area contributed by atoms with Crippen molar-refractivity contribution in [2.75, 3.05) is 0 Å². The maximum absolute atomic E-state index is 9.13. The van der Waals surface area contributed by atoms with Crippen LogP contribution in [0.4, 0.5) is 0 Å². The second-order valence-corrected chi connectivity index (χ2v) is 4.81. The third-order valence-electron chi connectivity index (χ3n) is 2.15. The molecule has 17 heavy (non-hydrogen) atoms. The van der Waals surface area contributed by atoms with Crippen molar-refractivity contribution in [3.8, 4) is 6.07 Å². The van der Waals surface area contributed by atoms with Gasteiger partial charge in [0, 0.05) is 16.1 Å². The smallest absolute Gasteiger partial charge is 0.134 e. The van der Waals surface area contributed by atoms with E-state index in [1.165, 1.54) is 11.3 Å². The van der Waals surface area contributed by atoms with Crippen LogP contribution in [-0.2, 0) is 0 Å². The molecule has 84 valence electrons. The van der Waals surface area contributed by atoms with Gasteiger partial charge < -0.3 is 0 Å². The second kappa shape index (κ2) is 5.13. The van der Waals surface area contributed by atoms with Crippen LogP contribution in [0.5, 0.6) is 0 Å². The van der Waals surface area contributed by atoms with Gasteiger partial charge in [-0.1, -0.05) is 23.7 Å². The summed E-state index contributed by atoms with van der Waals surface area (Å²) in [6, 6.07) is 9.52. The maximum Gasteiger partial charge on any atom is 0.134 e. The van der Waals surface area contributed by atoms with E-state index in [-0.39, 0.29) is 0 Å². The van der Waals surface area contributed by atoms with Crippen LogP contribution in [0.2, 0.25) is 5.02 Å². The van der Waals surface area contributed by atoms with E-state index in [2.05, 4.69) is 11.1 Å². The highest BCUT2D eigenvalue weighted by atomic mass is 35.5. The third-order valence-corrected chi connectivity index (χ3v) is 3.40. The lowest BCUT2D eigenvalue weighted by Crippen LogP contribution is -1.81. The Morgan fingerprint density at radius 1 is 1.41 bits per heavy atom. The molecule has 2 nitrogen and oxygen atoms in total. The molecule has 0 atom stereocenters. The minimum Gasteiger partial charge on any atom is -0.241 e. The minimum atomic E-state index is 0.574. The third kappa shape index (κ3) is 2.94. The van der Waals surface area contributed by atoms with Gasteiger partial charge in [-0.15, -0.1) is 11.3 Å². The summed E-state index contributed by atoms with van der Waals surface area (Å²) in [7, 11) is 0. The van der Waals surface area contributed by atoms with E-state index in [1.54, 1.807) is 12.1 Å². The monoisotopic (exact) mass is 260 g/mol. The zero-order chi connectivity index (χ0) is 12.3. The molecule has 0 N–H and O–H groups in total. The van der Waals surface area contributed by atoms with E-state index in [4.69, 9.17) is 16.9 Å². The lowest BCUT2D eigenvalue weighted by molar-refractivity contribution is 1.25. The van der Waals surface area contributed by atoms with Crippen molar-refractivity contribution in [3.63, 3.8) is 0 Å². The molecule has 0 bridgehead atoms. The summed E-state index contributed by atoms with van der Waals surface area (Å²) < 4.78 is 0. The Labute approximate surface area is 109 Å². The first-order valence-electron chi connectivity index (χ1n) is 4.99. The van der Waals surface area contributed by atoms with Gasteiger partial charge in [0.25, 0.3) is 0 Å². The first-order valence-corrected chi connectivity index (χ1v) is 6.24. The number of benzene rings is 1. The average Bonchev–Trinajstić information content (AvgIpc) is 2.75. The maximum atomic E-state index is 9.13. The lowest BCUT2D eigenvalue weighted by atomic mass is 10.1. The van der Waals surface area contributed by atoms with Gasteiger partial charge in [-0.2, -0.15) is 5.26 Å². The summed E-state index contributed by atoms with van der Waals surface area (Å²) in [4.78, 5) is 4.30. The molecule has 1 heterocycles. The van der Waals surface area contributed by atoms with Crippen LogP contribution in [-0.4, -0.2) is 4.98 Å². The molecule has 2 rings (SSSR count). The lowest BCUT2D eigenvalue weighted by Gasteiger charge is -1.95. The van der Waals surface area contributed by atoms with Crippen molar-refractivity contribution in [2.24, 2.45) is 0 Å². The summed E-state index contributed by atoms with van der Waals surface area (Å²) in [5.41, 5.74) is 2.45. The van der Waals surface area contributed by atoms with Crippen LogP contribution in [0, 0.1) is 18.3 Å². The van der Waals surface area contributed by atoms with Crippen LogP contribution in [0.25, 0.3) is 11.6 Å². The molecule has 0 radical (unpaired) electrons. The Morgan fingerprint density at radius 2 is 2.12 bits per heavy atom. The molecule has 0 spiro atoms. The fourth-order valence-corrected chi connectivity index (χ4v) is 2.23. The second-order valence-electron chi connectivity index (χ2n) is 3.52. The van der Waals surface area contributed by atoms with E-state index in [0.29, 0.717) is 10.6 Å². The first kappa shape index (κ1) is 11.8. The molecular formula is C13H9ClN2S. The van der Waals surface area contributed by atoms with Crippen LogP contribution in [0.15, 0.2) is 29.6 Å². The largest absolute Gasteiger partial charge is 0.241 e. The van der Waals surface area contributed by atoms with Gasteiger partial charge in [-0.05, 0) is 30.7 Å². The number of nitrogens with zero attached hydrogens (tertiary/aromatic N) is 2. The highest BCUT2D eigenvalue weighted by Gasteiger charge is 2.05. The number of rotatable bonds is 2. The molecule has 0 saturated carbocycles. The van der Waals surface area contributed by atoms with Gasteiger partial charge >= 0.3 is 0 Å². The summed E-state index contributed by atoms with van der Waals surface area (Å²) in [5.74, 6) is 0. The van der Waals surface area contributed by atoms with Crippen molar-refractivity contribution in [1.29, 1.82) is 5.26 Å². The van der Waals surface area contributed by atoms with Gasteiger partial charge in [0.2, 0.25) is 0 Å². The quantitative estimate of drug-likeness (QED) is 0.760. The molecular weight excluding hydrogens is 252 g/mol. The van der Waals surface area contributed by atoms with E-state index in [9.17, 15) is 0 Å². The molecule has 1 aromatic carbocycles. The van der Waals surface area contributed by atoms with Crippen molar-refractivity contribution in [1.82, 2.24) is 4.98 Å². The predicted molar refractivity (Wildman–Crippen MR) is 71.8 cm³/mol. The molecule has 0 aliphatic rings.